The first kappa shape index (κ1) is 9.06. The lowest BCUT2D eigenvalue weighted by Crippen LogP contribution is -2.19. The van der Waals surface area contributed by atoms with Crippen molar-refractivity contribution >= 4 is 0 Å². The predicted molar refractivity (Wildman–Crippen MR) is 45.3 cm³/mol. The molecule has 12 heavy (non-hydrogen) atoms. The Hall–Kier alpha value is -1.03. The van der Waals surface area contributed by atoms with Gasteiger partial charge in [0, 0.05) is 6.54 Å². The second-order valence-electron chi connectivity index (χ2n) is 2.92. The number of aromatic nitrogens is 1. The van der Waals surface area contributed by atoms with Crippen LogP contribution < -0.4 is 4.74 Å². The van der Waals surface area contributed by atoms with Crippen molar-refractivity contribution in [2.75, 3.05) is 27.2 Å². The Labute approximate surface area is 72.1 Å². The van der Waals surface area contributed by atoms with Gasteiger partial charge in [-0.15, -0.1) is 0 Å². The van der Waals surface area contributed by atoms with Crippen LogP contribution in [0.25, 0.3) is 0 Å². The Morgan fingerprint density at radius 3 is 2.83 bits per heavy atom. The van der Waals surface area contributed by atoms with Crippen molar-refractivity contribution in [1.29, 1.82) is 0 Å². The second-order valence-corrected chi connectivity index (χ2v) is 2.92. The van der Waals surface area contributed by atoms with Gasteiger partial charge in [0.25, 0.3) is 0 Å². The van der Waals surface area contributed by atoms with E-state index in [4.69, 9.17) is 9.26 Å². The highest BCUT2D eigenvalue weighted by Crippen LogP contribution is 2.14. The van der Waals surface area contributed by atoms with Crippen molar-refractivity contribution in [3.8, 4) is 5.75 Å². The summed E-state index contributed by atoms with van der Waals surface area (Å²) in [4.78, 5) is 2.06. The van der Waals surface area contributed by atoms with Crippen molar-refractivity contribution in [3.05, 3.63) is 12.0 Å². The Morgan fingerprint density at radius 2 is 2.33 bits per heavy atom. The Kier molecular flexibility index (Phi) is 3.10. The number of nitrogens with zero attached hydrogens (tertiary/aromatic N) is 2. The van der Waals surface area contributed by atoms with E-state index in [1.54, 1.807) is 0 Å². The zero-order valence-corrected chi connectivity index (χ0v) is 7.70. The maximum absolute atomic E-state index is 5.39. The topological polar surface area (TPSA) is 38.5 Å². The van der Waals surface area contributed by atoms with E-state index in [1.807, 2.05) is 21.0 Å². The first-order chi connectivity index (χ1) is 5.70. The molecule has 0 atom stereocenters. The quantitative estimate of drug-likeness (QED) is 0.673. The van der Waals surface area contributed by atoms with Gasteiger partial charge < -0.3 is 14.2 Å². The fraction of sp³-hybridized carbons (Fsp3) is 0.625. The molecule has 0 N–H and O–H groups in total. The summed E-state index contributed by atoms with van der Waals surface area (Å²) in [5.41, 5.74) is 0.800. The minimum atomic E-state index is 0.662. The average molecular weight is 170 g/mol. The molecule has 0 saturated heterocycles. The molecule has 0 aliphatic heterocycles. The third-order valence-corrected chi connectivity index (χ3v) is 1.50. The summed E-state index contributed by atoms with van der Waals surface area (Å²) < 4.78 is 10.1. The SMILES string of the molecule is Cc1nocc1OCCN(C)C. The molecule has 0 fully saturated rings. The summed E-state index contributed by atoms with van der Waals surface area (Å²) in [6.07, 6.45) is 1.52. The van der Waals surface area contributed by atoms with Gasteiger partial charge in [0.2, 0.25) is 0 Å². The molecule has 4 nitrogen and oxygen atoms in total. The van der Waals surface area contributed by atoms with Crippen LogP contribution in [0.2, 0.25) is 0 Å². The molecule has 0 aliphatic rings. The minimum Gasteiger partial charge on any atom is -0.487 e. The Bertz CT molecular complexity index is 233. The lowest BCUT2D eigenvalue weighted by molar-refractivity contribution is 0.258. The van der Waals surface area contributed by atoms with Crippen LogP contribution in [0.4, 0.5) is 0 Å². The predicted octanol–water partition coefficient (Wildman–Crippen LogP) is 0.923. The lowest BCUT2D eigenvalue weighted by atomic mass is 10.4. The highest BCUT2D eigenvalue weighted by Gasteiger charge is 2.02. The number of rotatable bonds is 4. The van der Waals surface area contributed by atoms with Crippen LogP contribution in [-0.4, -0.2) is 37.3 Å². The fourth-order valence-electron chi connectivity index (χ4n) is 0.760. The van der Waals surface area contributed by atoms with E-state index in [0.29, 0.717) is 6.61 Å². The summed E-state index contributed by atoms with van der Waals surface area (Å²) in [5, 5.41) is 3.70. The molecule has 0 aromatic carbocycles. The number of hydrogen-bond acceptors (Lipinski definition) is 4. The van der Waals surface area contributed by atoms with Crippen LogP contribution in [0.1, 0.15) is 5.69 Å². The first-order valence-corrected chi connectivity index (χ1v) is 3.88. The summed E-state index contributed by atoms with van der Waals surface area (Å²) in [5.74, 6) is 0.733. The van der Waals surface area contributed by atoms with E-state index < -0.39 is 0 Å². The molecule has 0 spiro atoms. The Balaban J connectivity index is 2.29. The van der Waals surface area contributed by atoms with E-state index in [1.165, 1.54) is 6.26 Å². The maximum Gasteiger partial charge on any atom is 0.181 e. The van der Waals surface area contributed by atoms with Gasteiger partial charge >= 0.3 is 0 Å². The maximum atomic E-state index is 5.39. The summed E-state index contributed by atoms with van der Waals surface area (Å²) in [6, 6.07) is 0. The van der Waals surface area contributed by atoms with Crippen molar-refractivity contribution < 1.29 is 9.26 Å². The van der Waals surface area contributed by atoms with Gasteiger partial charge in [-0.05, 0) is 21.0 Å². The standard InChI is InChI=1S/C8H14N2O2/c1-7-8(6-12-9-7)11-5-4-10(2)3/h6H,4-5H2,1-3H3. The molecule has 1 aromatic rings. The zero-order chi connectivity index (χ0) is 8.97. The number of aryl methyl sites for hydroxylation is 1. The van der Waals surface area contributed by atoms with E-state index in [9.17, 15) is 0 Å². The normalized spacial score (nSPS) is 10.7. The highest BCUT2D eigenvalue weighted by molar-refractivity contribution is 5.19. The van der Waals surface area contributed by atoms with Crippen LogP contribution >= 0.6 is 0 Å². The average Bonchev–Trinajstić information content (AvgIpc) is 2.36. The van der Waals surface area contributed by atoms with E-state index in [0.717, 1.165) is 18.0 Å². The van der Waals surface area contributed by atoms with Gasteiger partial charge in [-0.3, -0.25) is 0 Å². The van der Waals surface area contributed by atoms with Crippen LogP contribution in [-0.2, 0) is 0 Å². The van der Waals surface area contributed by atoms with E-state index in [-0.39, 0.29) is 0 Å². The number of hydrogen-bond donors (Lipinski definition) is 0. The molecule has 0 bridgehead atoms. The third kappa shape index (κ3) is 2.54. The van der Waals surface area contributed by atoms with Gasteiger partial charge in [-0.25, -0.2) is 0 Å². The van der Waals surface area contributed by atoms with E-state index in [2.05, 4.69) is 10.1 Å². The second kappa shape index (κ2) is 4.11. The number of ether oxygens (including phenoxy) is 1. The Morgan fingerprint density at radius 1 is 1.58 bits per heavy atom. The van der Waals surface area contributed by atoms with Crippen LogP contribution in [0, 0.1) is 6.92 Å². The van der Waals surface area contributed by atoms with Gasteiger partial charge in [0.15, 0.2) is 12.0 Å². The summed E-state index contributed by atoms with van der Waals surface area (Å²) in [7, 11) is 4.01. The van der Waals surface area contributed by atoms with Crippen LogP contribution in [0.15, 0.2) is 10.8 Å². The summed E-state index contributed by atoms with van der Waals surface area (Å²) >= 11 is 0. The molecule has 1 aromatic heterocycles. The molecule has 68 valence electrons. The molecule has 1 rings (SSSR count). The molecule has 0 unspecified atom stereocenters. The lowest BCUT2D eigenvalue weighted by Gasteiger charge is -2.09. The monoisotopic (exact) mass is 170 g/mol. The minimum absolute atomic E-state index is 0.662. The molecule has 1 heterocycles. The van der Waals surface area contributed by atoms with Crippen LogP contribution in [0.5, 0.6) is 5.75 Å². The molecule has 0 radical (unpaired) electrons. The zero-order valence-electron chi connectivity index (χ0n) is 7.70. The largest absolute Gasteiger partial charge is 0.487 e. The third-order valence-electron chi connectivity index (χ3n) is 1.50. The molecule has 0 amide bonds. The molecule has 0 saturated carbocycles. The molecular weight excluding hydrogens is 156 g/mol. The fourth-order valence-corrected chi connectivity index (χ4v) is 0.760. The number of likely N-dealkylation sites (N-methyl/N-ethyl adjacent to an activating group) is 1. The van der Waals surface area contributed by atoms with Crippen molar-refractivity contribution in [3.63, 3.8) is 0 Å². The van der Waals surface area contributed by atoms with Crippen molar-refractivity contribution in [1.82, 2.24) is 10.1 Å². The molecule has 4 heteroatoms. The van der Waals surface area contributed by atoms with Gasteiger partial charge in [-0.1, -0.05) is 5.16 Å². The van der Waals surface area contributed by atoms with Crippen molar-refractivity contribution in [2.45, 2.75) is 6.92 Å². The van der Waals surface area contributed by atoms with Gasteiger partial charge in [-0.2, -0.15) is 0 Å². The van der Waals surface area contributed by atoms with Gasteiger partial charge in [0.05, 0.1) is 0 Å². The smallest absolute Gasteiger partial charge is 0.181 e. The highest BCUT2D eigenvalue weighted by atomic mass is 16.5. The van der Waals surface area contributed by atoms with Crippen LogP contribution in [0.3, 0.4) is 0 Å². The molecule has 0 aliphatic carbocycles. The first-order valence-electron chi connectivity index (χ1n) is 3.88. The van der Waals surface area contributed by atoms with Gasteiger partial charge in [0.1, 0.15) is 12.3 Å². The van der Waals surface area contributed by atoms with Crippen molar-refractivity contribution in [2.24, 2.45) is 0 Å². The summed E-state index contributed by atoms with van der Waals surface area (Å²) in [6.45, 7) is 3.41. The molecular formula is C8H14N2O2. The van der Waals surface area contributed by atoms with E-state index >= 15 is 0 Å².